The zero-order chi connectivity index (χ0) is 20.0. The zero-order valence-electron chi connectivity index (χ0n) is 16.5. The van der Waals surface area contributed by atoms with E-state index < -0.39 is 28.9 Å². The summed E-state index contributed by atoms with van der Waals surface area (Å²) < 4.78 is 24.4. The lowest BCUT2D eigenvalue weighted by atomic mass is 9.47. The van der Waals surface area contributed by atoms with Crippen LogP contribution in [-0.4, -0.2) is 72.7 Å². The molecule has 1 aromatic rings. The minimum atomic E-state index is -1.26. The molecule has 7 heteroatoms. The maximum absolute atomic E-state index is 13.7. The van der Waals surface area contributed by atoms with E-state index in [1.165, 1.54) is 0 Å². The van der Waals surface area contributed by atoms with Gasteiger partial charge in [-0.15, -0.1) is 6.58 Å². The van der Waals surface area contributed by atoms with Gasteiger partial charge in [0.25, 0.3) is 0 Å². The SMILES string of the molecule is C=CCN1CC[C@]23c4c5ccc(OC)c4O[C@H]2C2(CC[C@@]3(O)[C@H]1C5=O)OCCO2. The molecule has 3 aliphatic heterocycles. The molecule has 2 aliphatic carbocycles. The van der Waals surface area contributed by atoms with Gasteiger partial charge in [-0.25, -0.2) is 0 Å². The summed E-state index contributed by atoms with van der Waals surface area (Å²) in [6.45, 7) is 6.06. The topological polar surface area (TPSA) is 77.5 Å². The van der Waals surface area contributed by atoms with Gasteiger partial charge in [0, 0.05) is 30.6 Å². The van der Waals surface area contributed by atoms with Gasteiger partial charge in [0.15, 0.2) is 23.4 Å². The van der Waals surface area contributed by atoms with Gasteiger partial charge in [-0.3, -0.25) is 9.69 Å². The fourth-order valence-electron chi connectivity index (χ4n) is 6.73. The summed E-state index contributed by atoms with van der Waals surface area (Å²) in [5, 5.41) is 12.3. The number of carbonyl (C=O) groups is 1. The van der Waals surface area contributed by atoms with Crippen LogP contribution in [0.5, 0.6) is 11.5 Å². The summed E-state index contributed by atoms with van der Waals surface area (Å²) >= 11 is 0. The van der Waals surface area contributed by atoms with Crippen LogP contribution >= 0.6 is 0 Å². The molecule has 7 nitrogen and oxygen atoms in total. The van der Waals surface area contributed by atoms with Crippen molar-refractivity contribution < 1.29 is 28.8 Å². The van der Waals surface area contributed by atoms with Crippen molar-refractivity contribution in [2.45, 2.75) is 48.2 Å². The minimum absolute atomic E-state index is 0.0583. The van der Waals surface area contributed by atoms with E-state index in [1.54, 1.807) is 19.3 Å². The van der Waals surface area contributed by atoms with Gasteiger partial charge in [0.05, 0.1) is 25.7 Å². The fourth-order valence-corrected chi connectivity index (χ4v) is 6.73. The van der Waals surface area contributed by atoms with Crippen molar-refractivity contribution in [3.05, 3.63) is 35.9 Å². The van der Waals surface area contributed by atoms with Gasteiger partial charge < -0.3 is 24.1 Å². The molecule has 1 aromatic carbocycles. The number of rotatable bonds is 3. The third-order valence-electron chi connectivity index (χ3n) is 7.76. The predicted molar refractivity (Wildman–Crippen MR) is 102 cm³/mol. The smallest absolute Gasteiger partial charge is 0.207 e. The number of carbonyl (C=O) groups excluding carboxylic acids is 1. The number of hydrogen-bond donors (Lipinski definition) is 1. The molecule has 29 heavy (non-hydrogen) atoms. The molecule has 0 unspecified atom stereocenters. The first-order chi connectivity index (χ1) is 14.0. The standard InChI is InChI=1S/C22H25NO6/c1-3-9-23-10-8-20-15-13-4-5-14(26-2)17(15)29-19(20)22(27-11-12-28-22)7-6-21(20,25)18(23)16(13)24/h3-5,18-19,25H,1,6-12H2,2H3/t18-,19-,20+,21-/m1/s1. The number of nitrogens with zero attached hydrogens (tertiary/aromatic N) is 1. The number of aliphatic hydroxyl groups is 1. The van der Waals surface area contributed by atoms with Crippen LogP contribution in [0.1, 0.15) is 35.2 Å². The van der Waals surface area contributed by atoms with E-state index in [9.17, 15) is 9.90 Å². The number of ketones is 1. The number of fused-ring (bicyclic) bond motifs is 1. The third kappa shape index (κ3) is 1.82. The van der Waals surface area contributed by atoms with Crippen molar-refractivity contribution in [3.8, 4) is 11.5 Å². The summed E-state index contributed by atoms with van der Waals surface area (Å²) in [6.07, 6.45) is 2.80. The molecule has 2 spiro atoms. The molecule has 6 rings (SSSR count). The Morgan fingerprint density at radius 2 is 2.10 bits per heavy atom. The molecule has 3 heterocycles. The monoisotopic (exact) mass is 399 g/mol. The molecule has 2 saturated heterocycles. The van der Waals surface area contributed by atoms with Gasteiger partial charge >= 0.3 is 0 Å². The number of benzene rings is 1. The van der Waals surface area contributed by atoms with Crippen molar-refractivity contribution >= 4 is 5.78 Å². The highest BCUT2D eigenvalue weighted by Crippen LogP contribution is 2.67. The quantitative estimate of drug-likeness (QED) is 0.771. The lowest BCUT2D eigenvalue weighted by Crippen LogP contribution is -2.80. The summed E-state index contributed by atoms with van der Waals surface area (Å²) in [5.41, 5.74) is -0.643. The Morgan fingerprint density at radius 1 is 1.31 bits per heavy atom. The van der Waals surface area contributed by atoms with Gasteiger partial charge in [-0.2, -0.15) is 0 Å². The van der Waals surface area contributed by atoms with E-state index in [1.807, 2.05) is 6.07 Å². The van der Waals surface area contributed by atoms with Crippen LogP contribution < -0.4 is 9.47 Å². The van der Waals surface area contributed by atoms with E-state index >= 15 is 0 Å². The Kier molecular flexibility index (Phi) is 3.46. The number of ether oxygens (including phenoxy) is 4. The van der Waals surface area contributed by atoms with E-state index in [2.05, 4.69) is 11.5 Å². The minimum Gasteiger partial charge on any atom is -0.493 e. The van der Waals surface area contributed by atoms with Crippen molar-refractivity contribution in [3.63, 3.8) is 0 Å². The van der Waals surface area contributed by atoms with Crippen LogP contribution in [0.3, 0.4) is 0 Å². The van der Waals surface area contributed by atoms with Crippen LogP contribution in [0, 0.1) is 0 Å². The lowest BCUT2D eigenvalue weighted by Gasteiger charge is -2.64. The second-order valence-electron chi connectivity index (χ2n) is 8.72. The summed E-state index contributed by atoms with van der Waals surface area (Å²) in [7, 11) is 1.59. The van der Waals surface area contributed by atoms with Crippen LogP contribution in [0.25, 0.3) is 0 Å². The second kappa shape index (κ2) is 5.60. The van der Waals surface area contributed by atoms with E-state index in [-0.39, 0.29) is 5.78 Å². The summed E-state index contributed by atoms with van der Waals surface area (Å²) in [5.74, 6) is 0.164. The van der Waals surface area contributed by atoms with E-state index in [0.717, 1.165) is 5.56 Å². The highest BCUT2D eigenvalue weighted by Gasteiger charge is 2.78. The maximum Gasteiger partial charge on any atom is 0.207 e. The first-order valence-corrected chi connectivity index (χ1v) is 10.3. The molecule has 5 aliphatic rings. The Balaban J connectivity index is 1.65. The number of likely N-dealkylation sites (tertiary alicyclic amines) is 1. The number of Topliss-reactive ketones (excluding diaryl/α,β-unsaturated/α-hetero) is 1. The predicted octanol–water partition coefficient (Wildman–Crippen LogP) is 1.42. The van der Waals surface area contributed by atoms with Crippen molar-refractivity contribution in [1.29, 1.82) is 0 Å². The number of hydrogen-bond acceptors (Lipinski definition) is 7. The molecule has 0 aromatic heterocycles. The number of methoxy groups -OCH3 is 1. The van der Waals surface area contributed by atoms with Crippen LogP contribution in [0.2, 0.25) is 0 Å². The molecule has 154 valence electrons. The fraction of sp³-hybridized carbons (Fsp3) is 0.591. The van der Waals surface area contributed by atoms with Crippen LogP contribution in [-0.2, 0) is 14.9 Å². The molecular weight excluding hydrogens is 374 g/mol. The summed E-state index contributed by atoms with van der Waals surface area (Å²) in [6, 6.07) is 2.96. The van der Waals surface area contributed by atoms with Crippen LogP contribution in [0.15, 0.2) is 24.8 Å². The average Bonchev–Trinajstić information content (AvgIpc) is 3.32. The molecule has 2 bridgehead atoms. The van der Waals surface area contributed by atoms with Gasteiger partial charge in [0.1, 0.15) is 11.6 Å². The second-order valence-corrected chi connectivity index (χ2v) is 8.72. The summed E-state index contributed by atoms with van der Waals surface area (Å²) in [4.78, 5) is 15.7. The average molecular weight is 399 g/mol. The molecule has 1 saturated carbocycles. The molecule has 0 radical (unpaired) electrons. The van der Waals surface area contributed by atoms with Gasteiger partial charge in [-0.1, -0.05) is 6.08 Å². The normalized spacial score (nSPS) is 38.6. The van der Waals surface area contributed by atoms with Gasteiger partial charge in [0.2, 0.25) is 5.79 Å². The van der Waals surface area contributed by atoms with Crippen molar-refractivity contribution in [2.75, 3.05) is 33.4 Å². The Morgan fingerprint density at radius 3 is 2.83 bits per heavy atom. The lowest BCUT2D eigenvalue weighted by molar-refractivity contribution is -0.291. The van der Waals surface area contributed by atoms with Crippen molar-refractivity contribution in [2.24, 2.45) is 0 Å². The highest BCUT2D eigenvalue weighted by molar-refractivity contribution is 6.06. The maximum atomic E-state index is 13.7. The largest absolute Gasteiger partial charge is 0.493 e. The first kappa shape index (κ1) is 17.9. The molecule has 3 fully saturated rings. The Labute approximate surface area is 169 Å². The Hall–Kier alpha value is -1.93. The van der Waals surface area contributed by atoms with E-state index in [4.69, 9.17) is 18.9 Å². The zero-order valence-corrected chi connectivity index (χ0v) is 16.5. The first-order valence-electron chi connectivity index (χ1n) is 10.3. The third-order valence-corrected chi connectivity index (χ3v) is 7.76. The molecular formula is C22H25NO6. The molecule has 1 N–H and O–H groups in total. The van der Waals surface area contributed by atoms with E-state index in [0.29, 0.717) is 62.6 Å². The molecule has 4 atom stereocenters. The highest BCUT2D eigenvalue weighted by atomic mass is 16.8. The van der Waals surface area contributed by atoms with Crippen molar-refractivity contribution in [1.82, 2.24) is 4.90 Å². The van der Waals surface area contributed by atoms with Crippen LogP contribution in [0.4, 0.5) is 0 Å². The van der Waals surface area contributed by atoms with Gasteiger partial charge in [-0.05, 0) is 25.0 Å². The molecule has 0 amide bonds. The Bertz CT molecular complexity index is 924. The number of piperidine rings is 1.